The Balaban J connectivity index is 1.00. The number of halogens is 1. The standard InChI is InChI=1S/C32H46FN7O5S/c1-4-40(22(2)3)31(41)27-15-23(33)5-10-28(27)45-29-16-34-21-35-30(29)39-19-32(20-39)11-13-38(14-12-32)17-26-9-8-25(18-44-26)37-46(42,43)36-24-6-7-24/h5,10,15-16,21-22,24-26,36-37H,4,6-9,11-14,17-20H2,1-3H3/t25-,26+/m1/s1. The maximum atomic E-state index is 14.3. The SMILES string of the molecule is CCN(C(=O)c1cc(F)ccc1Oc1cncnc1N1CC2(CCN(C[C@@H]3CC[C@@H](NS(=O)(=O)NC4CC4)CO3)CC2)C1)C(C)C. The molecule has 1 aromatic heterocycles. The average Bonchev–Trinajstić information content (AvgIpc) is 3.82. The van der Waals surface area contributed by atoms with E-state index in [1.54, 1.807) is 11.1 Å². The van der Waals surface area contributed by atoms with Gasteiger partial charge in [0.15, 0.2) is 11.6 Å². The Morgan fingerprint density at radius 2 is 1.85 bits per heavy atom. The van der Waals surface area contributed by atoms with Crippen LogP contribution in [0.3, 0.4) is 0 Å². The van der Waals surface area contributed by atoms with E-state index in [1.165, 1.54) is 24.5 Å². The molecule has 3 aliphatic heterocycles. The zero-order chi connectivity index (χ0) is 32.5. The topological polar surface area (TPSA) is 129 Å². The van der Waals surface area contributed by atoms with Crippen LogP contribution in [-0.4, -0.2) is 104 Å². The zero-order valence-corrected chi connectivity index (χ0v) is 27.8. The lowest BCUT2D eigenvalue weighted by Crippen LogP contribution is -2.61. The van der Waals surface area contributed by atoms with Gasteiger partial charge in [0, 0.05) is 49.7 Å². The van der Waals surface area contributed by atoms with Gasteiger partial charge in [-0.1, -0.05) is 0 Å². The molecule has 4 aliphatic rings. The van der Waals surface area contributed by atoms with Crippen LogP contribution in [0.25, 0.3) is 0 Å². The maximum Gasteiger partial charge on any atom is 0.277 e. The van der Waals surface area contributed by atoms with E-state index in [2.05, 4.69) is 29.2 Å². The van der Waals surface area contributed by atoms with E-state index in [-0.39, 0.29) is 46.9 Å². The number of benzene rings is 1. The fourth-order valence-electron chi connectivity index (χ4n) is 6.84. The van der Waals surface area contributed by atoms with Crippen molar-refractivity contribution in [1.82, 2.24) is 29.2 Å². The summed E-state index contributed by atoms with van der Waals surface area (Å²) in [4.78, 5) is 28.3. The average molecular weight is 660 g/mol. The Morgan fingerprint density at radius 3 is 2.50 bits per heavy atom. The Hall–Kier alpha value is -2.91. The van der Waals surface area contributed by atoms with Gasteiger partial charge in [-0.15, -0.1) is 0 Å². The van der Waals surface area contributed by atoms with E-state index in [9.17, 15) is 17.6 Å². The maximum absolute atomic E-state index is 14.3. The number of rotatable bonds is 12. The number of hydrogen-bond acceptors (Lipinski definition) is 9. The van der Waals surface area contributed by atoms with Gasteiger partial charge in [0.1, 0.15) is 17.9 Å². The summed E-state index contributed by atoms with van der Waals surface area (Å²) in [5.41, 5.74) is 0.363. The summed E-state index contributed by atoms with van der Waals surface area (Å²) < 4.78 is 56.4. The van der Waals surface area contributed by atoms with Crippen molar-refractivity contribution >= 4 is 21.9 Å². The van der Waals surface area contributed by atoms with E-state index >= 15 is 0 Å². The van der Waals surface area contributed by atoms with Crippen LogP contribution in [0.15, 0.2) is 30.7 Å². The summed E-state index contributed by atoms with van der Waals surface area (Å²) in [5, 5.41) is 0. The molecule has 0 radical (unpaired) electrons. The number of anilines is 1. The van der Waals surface area contributed by atoms with Crippen LogP contribution in [-0.2, 0) is 14.9 Å². The van der Waals surface area contributed by atoms with Crippen LogP contribution >= 0.6 is 0 Å². The Kier molecular flexibility index (Phi) is 9.81. The van der Waals surface area contributed by atoms with Crippen molar-refractivity contribution in [3.8, 4) is 11.5 Å². The Labute approximate surface area is 271 Å². The van der Waals surface area contributed by atoms with Crippen LogP contribution in [0.5, 0.6) is 11.5 Å². The molecule has 2 N–H and O–H groups in total. The minimum absolute atomic E-state index is 0.0435. The van der Waals surface area contributed by atoms with Gasteiger partial charge in [0.2, 0.25) is 0 Å². The second kappa shape index (κ2) is 13.7. The van der Waals surface area contributed by atoms with Crippen molar-refractivity contribution in [2.75, 3.05) is 50.8 Å². The highest BCUT2D eigenvalue weighted by atomic mass is 32.2. The first-order valence-corrected chi connectivity index (χ1v) is 18.0. The predicted molar refractivity (Wildman–Crippen MR) is 172 cm³/mol. The number of carbonyl (C=O) groups excluding carboxylic acids is 1. The molecule has 2 atom stereocenters. The Bertz CT molecular complexity index is 1480. The van der Waals surface area contributed by atoms with Crippen molar-refractivity contribution in [2.24, 2.45) is 5.41 Å². The molecule has 252 valence electrons. The first-order chi connectivity index (χ1) is 22.0. The summed E-state index contributed by atoms with van der Waals surface area (Å²) >= 11 is 0. The predicted octanol–water partition coefficient (Wildman–Crippen LogP) is 3.31. The highest BCUT2D eigenvalue weighted by Gasteiger charge is 2.46. The molecule has 0 unspecified atom stereocenters. The van der Waals surface area contributed by atoms with Crippen LogP contribution in [0.1, 0.15) is 69.7 Å². The number of amides is 1. The van der Waals surface area contributed by atoms with Gasteiger partial charge in [-0.25, -0.2) is 14.4 Å². The molecule has 2 aromatic rings. The molecule has 1 spiro atoms. The van der Waals surface area contributed by atoms with Crippen molar-refractivity contribution in [3.63, 3.8) is 0 Å². The third-order valence-corrected chi connectivity index (χ3v) is 10.9. The third-order valence-electron chi connectivity index (χ3n) is 9.60. The van der Waals surface area contributed by atoms with Gasteiger partial charge in [-0.3, -0.25) is 4.79 Å². The van der Waals surface area contributed by atoms with Gasteiger partial charge < -0.3 is 24.2 Å². The molecule has 1 saturated carbocycles. The second-order valence-corrected chi connectivity index (χ2v) is 15.0. The number of likely N-dealkylation sites (tertiary alicyclic amines) is 1. The van der Waals surface area contributed by atoms with Gasteiger partial charge >= 0.3 is 0 Å². The van der Waals surface area contributed by atoms with E-state index in [4.69, 9.17) is 9.47 Å². The number of hydrogen-bond donors (Lipinski definition) is 2. The minimum atomic E-state index is -3.47. The molecule has 4 fully saturated rings. The summed E-state index contributed by atoms with van der Waals surface area (Å²) in [6.07, 6.45) is 8.74. The van der Waals surface area contributed by atoms with Crippen molar-refractivity contribution in [3.05, 3.63) is 42.1 Å². The molecule has 3 saturated heterocycles. The van der Waals surface area contributed by atoms with Gasteiger partial charge in [0.05, 0.1) is 24.5 Å². The molecule has 0 bridgehead atoms. The zero-order valence-electron chi connectivity index (χ0n) is 27.0. The van der Waals surface area contributed by atoms with E-state index in [1.807, 2.05) is 20.8 Å². The highest BCUT2D eigenvalue weighted by Crippen LogP contribution is 2.45. The summed E-state index contributed by atoms with van der Waals surface area (Å²) in [5.74, 6) is 0.578. The summed E-state index contributed by atoms with van der Waals surface area (Å²) in [6.45, 7) is 11.1. The van der Waals surface area contributed by atoms with Gasteiger partial charge in [-0.2, -0.15) is 17.9 Å². The number of carbonyl (C=O) groups is 1. The quantitative estimate of drug-likeness (QED) is 0.353. The molecule has 12 nitrogen and oxygen atoms in total. The first-order valence-electron chi connectivity index (χ1n) is 16.5. The van der Waals surface area contributed by atoms with Crippen LogP contribution in [0.2, 0.25) is 0 Å². The largest absolute Gasteiger partial charge is 0.451 e. The number of ether oxygens (including phenoxy) is 2. The van der Waals surface area contributed by atoms with E-state index < -0.39 is 16.0 Å². The fourth-order valence-corrected chi connectivity index (χ4v) is 8.21. The lowest BCUT2D eigenvalue weighted by atomic mass is 9.72. The first kappa shape index (κ1) is 33.0. The molecule has 1 amide bonds. The van der Waals surface area contributed by atoms with Crippen molar-refractivity contribution in [1.29, 1.82) is 0 Å². The van der Waals surface area contributed by atoms with E-state index in [0.29, 0.717) is 24.7 Å². The summed E-state index contributed by atoms with van der Waals surface area (Å²) in [6, 6.07) is 3.86. The number of nitrogens with one attached hydrogen (secondary N) is 2. The molecule has 4 heterocycles. The molecule has 46 heavy (non-hydrogen) atoms. The fraction of sp³-hybridized carbons (Fsp3) is 0.656. The van der Waals surface area contributed by atoms with Crippen LogP contribution in [0, 0.1) is 11.2 Å². The molecular formula is C32H46FN7O5S. The molecule has 1 aliphatic carbocycles. The van der Waals surface area contributed by atoms with Gasteiger partial charge in [-0.05, 0) is 90.6 Å². The lowest BCUT2D eigenvalue weighted by molar-refractivity contribution is -0.0299. The van der Waals surface area contributed by atoms with Crippen molar-refractivity contribution < 1.29 is 27.1 Å². The second-order valence-electron chi connectivity index (χ2n) is 13.5. The Morgan fingerprint density at radius 1 is 1.13 bits per heavy atom. The van der Waals surface area contributed by atoms with Crippen LogP contribution in [0.4, 0.5) is 10.2 Å². The highest BCUT2D eigenvalue weighted by molar-refractivity contribution is 7.87. The summed E-state index contributed by atoms with van der Waals surface area (Å²) in [7, 11) is -3.47. The number of piperidine rings is 1. The lowest BCUT2D eigenvalue weighted by Gasteiger charge is -2.54. The number of aromatic nitrogens is 2. The monoisotopic (exact) mass is 659 g/mol. The van der Waals surface area contributed by atoms with E-state index in [0.717, 1.165) is 71.2 Å². The molecule has 14 heteroatoms. The molecule has 6 rings (SSSR count). The third kappa shape index (κ3) is 7.79. The normalized spacial score (nSPS) is 23.4. The molecule has 1 aromatic carbocycles. The van der Waals surface area contributed by atoms with Gasteiger partial charge in [0.25, 0.3) is 16.1 Å². The van der Waals surface area contributed by atoms with Crippen LogP contribution < -0.4 is 19.1 Å². The smallest absolute Gasteiger partial charge is 0.277 e. The number of nitrogens with zero attached hydrogens (tertiary/aromatic N) is 5. The molecular weight excluding hydrogens is 613 g/mol. The minimum Gasteiger partial charge on any atom is -0.451 e. The van der Waals surface area contributed by atoms with Crippen molar-refractivity contribution in [2.45, 2.75) is 83.5 Å².